The highest BCUT2D eigenvalue weighted by molar-refractivity contribution is 6.02. The van der Waals surface area contributed by atoms with Crippen molar-refractivity contribution in [1.29, 1.82) is 0 Å². The molecule has 0 fully saturated rings. The summed E-state index contributed by atoms with van der Waals surface area (Å²) in [6, 6.07) is 11.2. The van der Waals surface area contributed by atoms with Gasteiger partial charge in [-0.1, -0.05) is 0 Å². The van der Waals surface area contributed by atoms with E-state index in [0.29, 0.717) is 36.6 Å². The zero-order chi connectivity index (χ0) is 21.0. The molecule has 0 radical (unpaired) electrons. The number of esters is 1. The third-order valence-corrected chi connectivity index (χ3v) is 4.69. The topological polar surface area (TPSA) is 119 Å². The predicted octanol–water partition coefficient (Wildman–Crippen LogP) is 2.72. The van der Waals surface area contributed by atoms with Crippen molar-refractivity contribution in [3.63, 3.8) is 0 Å². The van der Waals surface area contributed by atoms with Crippen LogP contribution in [0.4, 0.5) is 22.7 Å². The molecule has 1 aliphatic heterocycles. The second-order valence-corrected chi connectivity index (χ2v) is 6.55. The van der Waals surface area contributed by atoms with Crippen LogP contribution in [-0.2, 0) is 9.53 Å². The van der Waals surface area contributed by atoms with Crippen LogP contribution in [-0.4, -0.2) is 47.9 Å². The molecule has 152 valence electrons. The third kappa shape index (κ3) is 4.45. The lowest BCUT2D eigenvalue weighted by Crippen LogP contribution is -2.35. The van der Waals surface area contributed by atoms with Gasteiger partial charge < -0.3 is 20.3 Å². The lowest BCUT2D eigenvalue weighted by Gasteiger charge is -2.24. The van der Waals surface area contributed by atoms with E-state index < -0.39 is 4.92 Å². The molecule has 0 bridgehead atoms. The molecule has 0 aliphatic carbocycles. The van der Waals surface area contributed by atoms with E-state index in [-0.39, 0.29) is 30.5 Å². The molecule has 9 nitrogen and oxygen atoms in total. The van der Waals surface area contributed by atoms with Crippen LogP contribution in [0.1, 0.15) is 23.7 Å². The number of rotatable bonds is 6. The number of ether oxygens (including phenoxy) is 1. The molecule has 1 amide bonds. The first-order valence-corrected chi connectivity index (χ1v) is 9.27. The standard InChI is InChI=1S/C20H22N4O5/c1-2-29-19(25)9-10-22-11-12-23(15-4-6-16(7-5-15)24(27)28)18-8-3-14(21)13-17(18)20(22)26/h3-8,13H,2,9-12,21H2,1H3. The predicted molar refractivity (Wildman–Crippen MR) is 108 cm³/mol. The first-order chi connectivity index (χ1) is 13.9. The molecule has 2 N–H and O–H groups in total. The average molecular weight is 398 g/mol. The molecule has 0 aromatic heterocycles. The Bertz CT molecular complexity index is 929. The number of nitrogen functional groups attached to an aromatic ring is 1. The fourth-order valence-electron chi connectivity index (χ4n) is 3.27. The maximum absolute atomic E-state index is 13.1. The third-order valence-electron chi connectivity index (χ3n) is 4.69. The van der Waals surface area contributed by atoms with Crippen LogP contribution >= 0.6 is 0 Å². The lowest BCUT2D eigenvalue weighted by molar-refractivity contribution is -0.384. The Morgan fingerprint density at radius 1 is 1.21 bits per heavy atom. The van der Waals surface area contributed by atoms with E-state index in [1.165, 1.54) is 12.1 Å². The number of nitrogens with two attached hydrogens (primary N) is 1. The highest BCUT2D eigenvalue weighted by atomic mass is 16.6. The van der Waals surface area contributed by atoms with E-state index in [4.69, 9.17) is 10.5 Å². The molecule has 2 aromatic carbocycles. The Balaban J connectivity index is 1.91. The molecular formula is C20H22N4O5. The number of non-ortho nitro benzene ring substituents is 1. The maximum Gasteiger partial charge on any atom is 0.307 e. The van der Waals surface area contributed by atoms with Crippen molar-refractivity contribution in [2.24, 2.45) is 0 Å². The van der Waals surface area contributed by atoms with E-state index in [2.05, 4.69) is 0 Å². The zero-order valence-corrected chi connectivity index (χ0v) is 16.0. The van der Waals surface area contributed by atoms with Crippen molar-refractivity contribution in [2.45, 2.75) is 13.3 Å². The summed E-state index contributed by atoms with van der Waals surface area (Å²) in [5.41, 5.74) is 8.16. The first kappa shape index (κ1) is 20.1. The number of carbonyl (C=O) groups is 2. The number of amides is 1. The largest absolute Gasteiger partial charge is 0.466 e. The van der Waals surface area contributed by atoms with Crippen molar-refractivity contribution in [2.75, 3.05) is 36.9 Å². The summed E-state index contributed by atoms with van der Waals surface area (Å²) in [6.45, 7) is 3.10. The van der Waals surface area contributed by atoms with Crippen LogP contribution in [0.2, 0.25) is 0 Å². The summed E-state index contributed by atoms with van der Waals surface area (Å²) in [4.78, 5) is 38.8. The van der Waals surface area contributed by atoms with E-state index >= 15 is 0 Å². The van der Waals surface area contributed by atoms with E-state index in [1.807, 2.05) is 4.90 Å². The van der Waals surface area contributed by atoms with Crippen molar-refractivity contribution < 1.29 is 19.2 Å². The number of nitro benzene ring substituents is 1. The number of hydrogen-bond donors (Lipinski definition) is 1. The quantitative estimate of drug-likeness (QED) is 0.344. The van der Waals surface area contributed by atoms with Gasteiger partial charge in [0.1, 0.15) is 0 Å². The van der Waals surface area contributed by atoms with Crippen molar-refractivity contribution in [3.05, 3.63) is 58.1 Å². The van der Waals surface area contributed by atoms with Crippen LogP contribution in [0.5, 0.6) is 0 Å². The molecular weight excluding hydrogens is 376 g/mol. The van der Waals surface area contributed by atoms with Gasteiger partial charge in [0, 0.05) is 43.1 Å². The van der Waals surface area contributed by atoms with Gasteiger partial charge in [-0.3, -0.25) is 19.7 Å². The summed E-state index contributed by atoms with van der Waals surface area (Å²) in [5.74, 6) is -0.578. The van der Waals surface area contributed by atoms with Crippen LogP contribution in [0.25, 0.3) is 0 Å². The molecule has 0 saturated heterocycles. The number of nitrogens with zero attached hydrogens (tertiary/aromatic N) is 3. The Morgan fingerprint density at radius 2 is 1.93 bits per heavy atom. The van der Waals surface area contributed by atoms with E-state index in [0.717, 1.165) is 5.69 Å². The first-order valence-electron chi connectivity index (χ1n) is 9.27. The number of benzene rings is 2. The number of anilines is 3. The zero-order valence-electron chi connectivity index (χ0n) is 16.0. The van der Waals surface area contributed by atoms with Gasteiger partial charge in [-0.05, 0) is 37.3 Å². The normalized spacial score (nSPS) is 13.6. The van der Waals surface area contributed by atoms with Gasteiger partial charge in [0.05, 0.1) is 29.2 Å². The van der Waals surface area contributed by atoms with Crippen molar-refractivity contribution >= 4 is 34.6 Å². The number of fused-ring (bicyclic) bond motifs is 1. The van der Waals surface area contributed by atoms with Gasteiger partial charge in [-0.2, -0.15) is 0 Å². The highest BCUT2D eigenvalue weighted by Crippen LogP contribution is 2.33. The Kier molecular flexibility index (Phi) is 5.96. The van der Waals surface area contributed by atoms with E-state index in [1.54, 1.807) is 42.2 Å². The Hall–Kier alpha value is -3.62. The molecule has 2 aromatic rings. The molecule has 0 atom stereocenters. The molecule has 1 aliphatic rings. The van der Waals surface area contributed by atoms with Gasteiger partial charge >= 0.3 is 5.97 Å². The van der Waals surface area contributed by atoms with E-state index in [9.17, 15) is 19.7 Å². The maximum atomic E-state index is 13.1. The summed E-state index contributed by atoms with van der Waals surface area (Å²) in [7, 11) is 0. The molecule has 0 unspecified atom stereocenters. The Morgan fingerprint density at radius 3 is 2.59 bits per heavy atom. The lowest BCUT2D eigenvalue weighted by atomic mass is 10.1. The number of carbonyl (C=O) groups excluding carboxylic acids is 2. The average Bonchev–Trinajstić information content (AvgIpc) is 2.83. The highest BCUT2D eigenvalue weighted by Gasteiger charge is 2.28. The fraction of sp³-hybridized carbons (Fsp3) is 0.300. The minimum atomic E-state index is -0.457. The SMILES string of the molecule is CCOC(=O)CCN1CCN(c2ccc([N+](=O)[O-])cc2)c2ccc(N)cc2C1=O. The molecule has 29 heavy (non-hydrogen) atoms. The van der Waals surface area contributed by atoms with Gasteiger partial charge in [0.2, 0.25) is 0 Å². The summed E-state index contributed by atoms with van der Waals surface area (Å²) >= 11 is 0. The van der Waals surface area contributed by atoms with Crippen LogP contribution in [0.3, 0.4) is 0 Å². The molecule has 0 saturated carbocycles. The summed E-state index contributed by atoms with van der Waals surface area (Å²) in [6.07, 6.45) is 0.106. The van der Waals surface area contributed by atoms with Gasteiger partial charge in [-0.25, -0.2) is 0 Å². The van der Waals surface area contributed by atoms with Crippen LogP contribution in [0.15, 0.2) is 42.5 Å². The second kappa shape index (κ2) is 8.59. The van der Waals surface area contributed by atoms with Crippen molar-refractivity contribution in [3.8, 4) is 0 Å². The van der Waals surface area contributed by atoms with Gasteiger partial charge in [0.25, 0.3) is 11.6 Å². The van der Waals surface area contributed by atoms with Crippen molar-refractivity contribution in [1.82, 2.24) is 4.90 Å². The summed E-state index contributed by atoms with van der Waals surface area (Å²) < 4.78 is 4.95. The molecule has 1 heterocycles. The number of hydrogen-bond acceptors (Lipinski definition) is 7. The molecule has 0 spiro atoms. The van der Waals surface area contributed by atoms with Gasteiger partial charge in [-0.15, -0.1) is 0 Å². The Labute approximate surface area is 167 Å². The van der Waals surface area contributed by atoms with Crippen LogP contribution < -0.4 is 10.6 Å². The minimum Gasteiger partial charge on any atom is -0.466 e. The van der Waals surface area contributed by atoms with Crippen LogP contribution in [0, 0.1) is 10.1 Å². The number of nitro groups is 1. The molecule has 9 heteroatoms. The fourth-order valence-corrected chi connectivity index (χ4v) is 3.27. The second-order valence-electron chi connectivity index (χ2n) is 6.55. The smallest absolute Gasteiger partial charge is 0.307 e. The summed E-state index contributed by atoms with van der Waals surface area (Å²) in [5, 5.41) is 10.9. The van der Waals surface area contributed by atoms with Gasteiger partial charge in [0.15, 0.2) is 0 Å². The monoisotopic (exact) mass is 398 g/mol. The molecule has 3 rings (SSSR count). The minimum absolute atomic E-state index is 0.00626.